The fraction of sp³-hybridized carbons (Fsp3) is 0.538. The summed E-state index contributed by atoms with van der Waals surface area (Å²) in [4.78, 5) is 2.45. The lowest BCUT2D eigenvalue weighted by atomic mass is 10.2. The molecular weight excluding hydrogens is 264 g/mol. The zero-order valence-corrected chi connectivity index (χ0v) is 11.3. The van der Waals surface area contributed by atoms with E-state index >= 15 is 0 Å². The summed E-state index contributed by atoms with van der Waals surface area (Å²) >= 11 is 3.44. The maximum absolute atomic E-state index is 3.48. The molecule has 0 unspecified atom stereocenters. The van der Waals surface area contributed by atoms with E-state index in [4.69, 9.17) is 0 Å². The molecule has 0 heterocycles. The summed E-state index contributed by atoms with van der Waals surface area (Å²) in [7, 11) is 2.22. The number of benzene rings is 1. The van der Waals surface area contributed by atoms with Gasteiger partial charge in [0.15, 0.2) is 0 Å². The average Bonchev–Trinajstić information content (AvgIpc) is 3.10. The number of halogens is 1. The van der Waals surface area contributed by atoms with Crippen molar-refractivity contribution in [3.8, 4) is 0 Å². The van der Waals surface area contributed by atoms with Crippen LogP contribution in [0.2, 0.25) is 0 Å². The van der Waals surface area contributed by atoms with Crippen LogP contribution >= 0.6 is 15.9 Å². The number of rotatable bonds is 6. The molecule has 0 bridgehead atoms. The number of nitrogens with zero attached hydrogens (tertiary/aromatic N) is 1. The van der Waals surface area contributed by atoms with Crippen molar-refractivity contribution in [2.24, 2.45) is 0 Å². The Morgan fingerprint density at radius 2 is 2.00 bits per heavy atom. The van der Waals surface area contributed by atoms with Crippen molar-refractivity contribution in [1.29, 1.82) is 0 Å². The van der Waals surface area contributed by atoms with Crippen LogP contribution in [0.3, 0.4) is 0 Å². The molecule has 2 nitrogen and oxygen atoms in total. The van der Waals surface area contributed by atoms with Gasteiger partial charge >= 0.3 is 0 Å². The second-order valence-electron chi connectivity index (χ2n) is 4.52. The topological polar surface area (TPSA) is 15.3 Å². The first kappa shape index (κ1) is 12.1. The van der Waals surface area contributed by atoms with Crippen LogP contribution in [0.25, 0.3) is 0 Å². The molecule has 1 saturated carbocycles. The summed E-state index contributed by atoms with van der Waals surface area (Å²) in [6.07, 6.45) is 2.78. The molecule has 0 radical (unpaired) electrons. The van der Waals surface area contributed by atoms with Crippen LogP contribution in [0, 0.1) is 0 Å². The highest BCUT2D eigenvalue weighted by Gasteiger charge is 2.25. The normalized spacial score (nSPS) is 15.7. The Morgan fingerprint density at radius 1 is 1.31 bits per heavy atom. The van der Waals surface area contributed by atoms with E-state index in [1.54, 1.807) is 0 Å². The fourth-order valence-electron chi connectivity index (χ4n) is 1.79. The Labute approximate surface area is 106 Å². The fourth-order valence-corrected chi connectivity index (χ4v) is 2.05. The first-order valence-corrected chi connectivity index (χ1v) is 6.70. The average molecular weight is 283 g/mol. The van der Waals surface area contributed by atoms with Gasteiger partial charge in [0.2, 0.25) is 0 Å². The summed E-state index contributed by atoms with van der Waals surface area (Å²) in [5, 5.41) is 3.48. The van der Waals surface area contributed by atoms with Crippen molar-refractivity contribution >= 4 is 15.9 Å². The van der Waals surface area contributed by atoms with E-state index in [0.717, 1.165) is 30.1 Å². The van der Waals surface area contributed by atoms with Gasteiger partial charge in [0, 0.05) is 30.1 Å². The Bertz CT molecular complexity index is 319. The second kappa shape index (κ2) is 5.80. The Balaban J connectivity index is 1.62. The quantitative estimate of drug-likeness (QED) is 0.807. The van der Waals surface area contributed by atoms with Crippen LogP contribution in [0.15, 0.2) is 28.7 Å². The van der Waals surface area contributed by atoms with Gasteiger partial charge < -0.3 is 10.2 Å². The molecule has 0 amide bonds. The van der Waals surface area contributed by atoms with Gasteiger partial charge in [-0.15, -0.1) is 0 Å². The summed E-state index contributed by atoms with van der Waals surface area (Å²) in [6.45, 7) is 3.19. The summed E-state index contributed by atoms with van der Waals surface area (Å²) in [5.74, 6) is 0. The first-order chi connectivity index (χ1) is 7.75. The largest absolute Gasteiger partial charge is 0.311 e. The summed E-state index contributed by atoms with van der Waals surface area (Å²) in [5.41, 5.74) is 1.34. The minimum absolute atomic E-state index is 0.870. The van der Waals surface area contributed by atoms with E-state index in [2.05, 4.69) is 57.5 Å². The molecule has 1 aromatic rings. The molecule has 1 aliphatic rings. The van der Waals surface area contributed by atoms with E-state index < -0.39 is 0 Å². The van der Waals surface area contributed by atoms with E-state index in [1.165, 1.54) is 18.4 Å². The Kier molecular flexibility index (Phi) is 4.38. The van der Waals surface area contributed by atoms with Gasteiger partial charge in [0.25, 0.3) is 0 Å². The van der Waals surface area contributed by atoms with E-state index in [0.29, 0.717) is 0 Å². The first-order valence-electron chi connectivity index (χ1n) is 5.91. The third-order valence-electron chi connectivity index (χ3n) is 3.05. The van der Waals surface area contributed by atoms with Crippen molar-refractivity contribution in [1.82, 2.24) is 10.2 Å². The van der Waals surface area contributed by atoms with Gasteiger partial charge in [0.1, 0.15) is 0 Å². The predicted octanol–water partition coefficient (Wildman–Crippen LogP) is 2.63. The SMILES string of the molecule is CN(CCNCc1ccc(Br)cc1)C1CC1. The lowest BCUT2D eigenvalue weighted by molar-refractivity contribution is 0.321. The maximum Gasteiger partial charge on any atom is 0.0206 e. The number of hydrogen-bond donors (Lipinski definition) is 1. The molecular formula is C13H19BrN2. The van der Waals surface area contributed by atoms with Crippen LogP contribution in [-0.4, -0.2) is 31.1 Å². The zero-order chi connectivity index (χ0) is 11.4. The Morgan fingerprint density at radius 3 is 2.62 bits per heavy atom. The number of nitrogens with one attached hydrogen (secondary N) is 1. The molecule has 1 aliphatic carbocycles. The number of likely N-dealkylation sites (N-methyl/N-ethyl adjacent to an activating group) is 1. The number of hydrogen-bond acceptors (Lipinski definition) is 2. The standard InChI is InChI=1S/C13H19BrN2/c1-16(13-6-7-13)9-8-15-10-11-2-4-12(14)5-3-11/h2-5,13,15H,6-10H2,1H3. The smallest absolute Gasteiger partial charge is 0.0206 e. The van der Waals surface area contributed by atoms with Gasteiger partial charge in [-0.2, -0.15) is 0 Å². The summed E-state index contributed by atoms with van der Waals surface area (Å²) in [6, 6.07) is 9.36. The second-order valence-corrected chi connectivity index (χ2v) is 5.43. The molecule has 3 heteroatoms. The van der Waals surface area contributed by atoms with Crippen LogP contribution in [0.1, 0.15) is 18.4 Å². The Hall–Kier alpha value is -0.380. The van der Waals surface area contributed by atoms with Crippen molar-refractivity contribution in [3.05, 3.63) is 34.3 Å². The maximum atomic E-state index is 3.48. The third-order valence-corrected chi connectivity index (χ3v) is 3.58. The van der Waals surface area contributed by atoms with E-state index in [-0.39, 0.29) is 0 Å². The third kappa shape index (κ3) is 3.89. The molecule has 1 N–H and O–H groups in total. The minimum Gasteiger partial charge on any atom is -0.311 e. The lowest BCUT2D eigenvalue weighted by Crippen LogP contribution is -2.30. The van der Waals surface area contributed by atoms with Crippen LogP contribution in [-0.2, 0) is 6.54 Å². The highest BCUT2D eigenvalue weighted by atomic mass is 79.9. The molecule has 88 valence electrons. The summed E-state index contributed by atoms with van der Waals surface area (Å²) < 4.78 is 1.14. The van der Waals surface area contributed by atoms with Crippen LogP contribution in [0.5, 0.6) is 0 Å². The van der Waals surface area contributed by atoms with Gasteiger partial charge in [-0.1, -0.05) is 28.1 Å². The van der Waals surface area contributed by atoms with Crippen molar-refractivity contribution < 1.29 is 0 Å². The van der Waals surface area contributed by atoms with Crippen LogP contribution < -0.4 is 5.32 Å². The molecule has 16 heavy (non-hydrogen) atoms. The van der Waals surface area contributed by atoms with Gasteiger partial charge in [-0.25, -0.2) is 0 Å². The highest BCUT2D eigenvalue weighted by molar-refractivity contribution is 9.10. The zero-order valence-electron chi connectivity index (χ0n) is 9.75. The predicted molar refractivity (Wildman–Crippen MR) is 71.5 cm³/mol. The monoisotopic (exact) mass is 282 g/mol. The van der Waals surface area contributed by atoms with E-state index in [1.807, 2.05) is 0 Å². The van der Waals surface area contributed by atoms with Crippen molar-refractivity contribution in [2.75, 3.05) is 20.1 Å². The van der Waals surface area contributed by atoms with Crippen molar-refractivity contribution in [3.63, 3.8) is 0 Å². The van der Waals surface area contributed by atoms with Crippen molar-refractivity contribution in [2.45, 2.75) is 25.4 Å². The van der Waals surface area contributed by atoms with E-state index in [9.17, 15) is 0 Å². The minimum atomic E-state index is 0.870. The highest BCUT2D eigenvalue weighted by Crippen LogP contribution is 2.24. The van der Waals surface area contributed by atoms with Gasteiger partial charge in [-0.3, -0.25) is 0 Å². The molecule has 0 aliphatic heterocycles. The van der Waals surface area contributed by atoms with Crippen LogP contribution in [0.4, 0.5) is 0 Å². The molecule has 0 aromatic heterocycles. The van der Waals surface area contributed by atoms with Gasteiger partial charge in [-0.05, 0) is 37.6 Å². The molecule has 2 rings (SSSR count). The van der Waals surface area contributed by atoms with Gasteiger partial charge in [0.05, 0.1) is 0 Å². The molecule has 0 spiro atoms. The molecule has 1 aromatic carbocycles. The molecule has 0 atom stereocenters. The molecule has 0 saturated heterocycles. The molecule has 1 fully saturated rings. The lowest BCUT2D eigenvalue weighted by Gasteiger charge is -2.15.